The van der Waals surface area contributed by atoms with Crippen molar-refractivity contribution in [2.75, 3.05) is 32.8 Å². The van der Waals surface area contributed by atoms with Crippen LogP contribution in [0.5, 0.6) is 0 Å². The zero-order valence-corrected chi connectivity index (χ0v) is 16.6. The van der Waals surface area contributed by atoms with Crippen LogP contribution in [0, 0.1) is 0 Å². The van der Waals surface area contributed by atoms with Crippen molar-refractivity contribution in [3.05, 3.63) is 65.2 Å². The van der Waals surface area contributed by atoms with Crippen molar-refractivity contribution in [1.29, 1.82) is 0 Å². The van der Waals surface area contributed by atoms with E-state index < -0.39 is 10.0 Å². The highest BCUT2D eigenvalue weighted by Gasteiger charge is 2.25. The van der Waals surface area contributed by atoms with Crippen LogP contribution in [0.1, 0.15) is 11.6 Å². The van der Waals surface area contributed by atoms with Crippen molar-refractivity contribution in [1.82, 2.24) is 9.62 Å². The van der Waals surface area contributed by atoms with Crippen molar-refractivity contribution in [3.8, 4) is 0 Å². The smallest absolute Gasteiger partial charge is 0.242 e. The minimum Gasteiger partial charge on any atom is -0.379 e. The average molecular weight is 417 g/mol. The van der Waals surface area contributed by atoms with E-state index in [9.17, 15) is 8.42 Å². The van der Waals surface area contributed by atoms with E-state index in [2.05, 4.69) is 9.62 Å². The van der Waals surface area contributed by atoms with Gasteiger partial charge in [-0.2, -0.15) is 0 Å². The molecular formula is C18H22Cl2N2O3S. The summed E-state index contributed by atoms with van der Waals surface area (Å²) in [7, 11) is -3.73. The Hall–Kier alpha value is -1.15. The minimum atomic E-state index is -3.73. The van der Waals surface area contributed by atoms with Crippen LogP contribution in [-0.4, -0.2) is 46.2 Å². The Labute approximate surface area is 165 Å². The summed E-state index contributed by atoms with van der Waals surface area (Å²) < 4.78 is 33.9. The third-order valence-corrected chi connectivity index (χ3v) is 6.14. The number of ether oxygens (including phenoxy) is 1. The molecule has 1 saturated heterocycles. The van der Waals surface area contributed by atoms with Gasteiger partial charge in [-0.1, -0.05) is 54.1 Å². The third kappa shape index (κ3) is 5.42. The summed E-state index contributed by atoms with van der Waals surface area (Å²) in [6, 6.07) is 15.7. The van der Waals surface area contributed by atoms with Crippen LogP contribution < -0.4 is 4.72 Å². The summed E-state index contributed by atoms with van der Waals surface area (Å²) in [6.45, 7) is 3.49. The first-order chi connectivity index (χ1) is 12.1. The lowest BCUT2D eigenvalue weighted by molar-refractivity contribution is 0.0345. The standard InChI is InChI=1S/C18H21ClN2O3S.ClH/c19-16-8-4-5-9-18(16)25(22,23)20-17(15-6-2-1-3-7-15)14-21-10-12-24-13-11-21;/h1-9,17,20H,10-14H2;1H. The number of sulfonamides is 1. The van der Waals surface area contributed by atoms with Gasteiger partial charge < -0.3 is 4.74 Å². The molecule has 0 aliphatic carbocycles. The van der Waals surface area contributed by atoms with E-state index in [1.165, 1.54) is 6.07 Å². The molecule has 1 atom stereocenters. The van der Waals surface area contributed by atoms with Crippen LogP contribution in [0.15, 0.2) is 59.5 Å². The van der Waals surface area contributed by atoms with Gasteiger partial charge >= 0.3 is 0 Å². The van der Waals surface area contributed by atoms with Crippen LogP contribution in [0.2, 0.25) is 5.02 Å². The SMILES string of the molecule is Cl.O=S(=O)(NC(CN1CCOCC1)c1ccccc1)c1ccccc1Cl. The molecule has 26 heavy (non-hydrogen) atoms. The van der Waals surface area contributed by atoms with Crippen LogP contribution >= 0.6 is 24.0 Å². The second-order valence-corrected chi connectivity index (χ2v) is 8.02. The lowest BCUT2D eigenvalue weighted by Crippen LogP contribution is -2.43. The predicted octanol–water partition coefficient (Wildman–Crippen LogP) is 3.11. The van der Waals surface area contributed by atoms with E-state index in [0.29, 0.717) is 19.8 Å². The Balaban J connectivity index is 0.00000243. The van der Waals surface area contributed by atoms with Gasteiger partial charge in [-0.05, 0) is 17.7 Å². The number of morpholine rings is 1. The van der Waals surface area contributed by atoms with E-state index in [0.717, 1.165) is 18.7 Å². The molecule has 0 amide bonds. The maximum absolute atomic E-state index is 12.8. The van der Waals surface area contributed by atoms with Gasteiger partial charge in [0, 0.05) is 19.6 Å². The maximum atomic E-state index is 12.8. The summed E-state index contributed by atoms with van der Waals surface area (Å²) in [5.41, 5.74) is 0.921. The largest absolute Gasteiger partial charge is 0.379 e. The number of hydrogen-bond acceptors (Lipinski definition) is 4. The van der Waals surface area contributed by atoms with Crippen LogP contribution in [-0.2, 0) is 14.8 Å². The van der Waals surface area contributed by atoms with Crippen molar-refractivity contribution in [3.63, 3.8) is 0 Å². The lowest BCUT2D eigenvalue weighted by Gasteiger charge is -2.31. The summed E-state index contributed by atoms with van der Waals surface area (Å²) in [5.74, 6) is 0. The van der Waals surface area contributed by atoms with E-state index >= 15 is 0 Å². The number of halogens is 2. The van der Waals surface area contributed by atoms with Crippen LogP contribution in [0.4, 0.5) is 0 Å². The fourth-order valence-corrected chi connectivity index (χ4v) is 4.59. The number of nitrogens with one attached hydrogen (secondary N) is 1. The predicted molar refractivity (Wildman–Crippen MR) is 105 cm³/mol. The quantitative estimate of drug-likeness (QED) is 0.785. The Morgan fingerprint density at radius 2 is 1.65 bits per heavy atom. The second kappa shape index (κ2) is 9.69. The Bertz CT molecular complexity index is 797. The molecule has 2 aromatic rings. The van der Waals surface area contributed by atoms with Gasteiger partial charge in [0.2, 0.25) is 10.0 Å². The molecule has 0 saturated carbocycles. The van der Waals surface area contributed by atoms with Crippen LogP contribution in [0.25, 0.3) is 0 Å². The highest BCUT2D eigenvalue weighted by molar-refractivity contribution is 7.89. The topological polar surface area (TPSA) is 58.6 Å². The number of nitrogens with zero attached hydrogens (tertiary/aromatic N) is 1. The molecule has 1 fully saturated rings. The third-order valence-electron chi connectivity index (χ3n) is 4.17. The monoisotopic (exact) mass is 416 g/mol. The molecule has 3 rings (SSSR count). The molecule has 0 radical (unpaired) electrons. The van der Waals surface area contributed by atoms with Gasteiger partial charge in [-0.3, -0.25) is 4.90 Å². The van der Waals surface area contributed by atoms with Gasteiger partial charge in [0.05, 0.1) is 24.3 Å². The average Bonchev–Trinajstić information content (AvgIpc) is 2.63. The zero-order chi connectivity index (χ0) is 17.7. The van der Waals surface area contributed by atoms with Crippen molar-refractivity contribution in [2.24, 2.45) is 0 Å². The van der Waals surface area contributed by atoms with E-state index in [1.807, 2.05) is 30.3 Å². The van der Waals surface area contributed by atoms with Gasteiger partial charge in [0.15, 0.2) is 0 Å². The lowest BCUT2D eigenvalue weighted by atomic mass is 10.1. The first-order valence-electron chi connectivity index (χ1n) is 8.18. The molecule has 8 heteroatoms. The molecule has 0 bridgehead atoms. The van der Waals surface area contributed by atoms with Gasteiger partial charge in [-0.15, -0.1) is 12.4 Å². The molecule has 1 N–H and O–H groups in total. The van der Waals surface area contributed by atoms with E-state index in [4.69, 9.17) is 16.3 Å². The van der Waals surface area contributed by atoms with Gasteiger partial charge in [0.1, 0.15) is 4.90 Å². The molecule has 142 valence electrons. The van der Waals surface area contributed by atoms with E-state index in [-0.39, 0.29) is 28.4 Å². The van der Waals surface area contributed by atoms with E-state index in [1.54, 1.807) is 18.2 Å². The zero-order valence-electron chi connectivity index (χ0n) is 14.2. The summed E-state index contributed by atoms with van der Waals surface area (Å²) in [5, 5.41) is 0.216. The minimum absolute atomic E-state index is 0. The fourth-order valence-electron chi connectivity index (χ4n) is 2.85. The molecule has 0 spiro atoms. The first kappa shape index (κ1) is 21.2. The fraction of sp³-hybridized carbons (Fsp3) is 0.333. The number of rotatable bonds is 6. The summed E-state index contributed by atoms with van der Waals surface area (Å²) in [4.78, 5) is 2.30. The molecule has 0 aromatic heterocycles. The Morgan fingerprint density at radius 1 is 1.04 bits per heavy atom. The molecule has 1 unspecified atom stereocenters. The molecule has 2 aromatic carbocycles. The highest BCUT2D eigenvalue weighted by atomic mass is 35.5. The van der Waals surface area contributed by atoms with Crippen molar-refractivity contribution in [2.45, 2.75) is 10.9 Å². The molecule has 5 nitrogen and oxygen atoms in total. The highest BCUT2D eigenvalue weighted by Crippen LogP contribution is 2.24. The Kier molecular flexibility index (Phi) is 7.88. The first-order valence-corrected chi connectivity index (χ1v) is 10.0. The summed E-state index contributed by atoms with van der Waals surface area (Å²) in [6.07, 6.45) is 0. The number of hydrogen-bond donors (Lipinski definition) is 1. The number of benzene rings is 2. The molecule has 1 aliphatic heterocycles. The van der Waals surface area contributed by atoms with Gasteiger partial charge in [-0.25, -0.2) is 13.1 Å². The Morgan fingerprint density at radius 3 is 2.31 bits per heavy atom. The maximum Gasteiger partial charge on any atom is 0.242 e. The second-order valence-electron chi connectivity index (χ2n) is 5.93. The van der Waals surface area contributed by atoms with Crippen molar-refractivity contribution >= 4 is 34.0 Å². The van der Waals surface area contributed by atoms with Crippen LogP contribution in [0.3, 0.4) is 0 Å². The van der Waals surface area contributed by atoms with Gasteiger partial charge in [0.25, 0.3) is 0 Å². The molecule has 1 aliphatic rings. The summed E-state index contributed by atoms with van der Waals surface area (Å²) >= 11 is 6.08. The van der Waals surface area contributed by atoms with Crippen molar-refractivity contribution < 1.29 is 13.2 Å². The normalized spacial score (nSPS) is 16.7. The molecular weight excluding hydrogens is 395 g/mol. The molecule has 1 heterocycles.